The van der Waals surface area contributed by atoms with Gasteiger partial charge in [0, 0.05) is 18.8 Å². The zero-order chi connectivity index (χ0) is 24.2. The number of fused-ring (bicyclic) bond motifs is 1. The second kappa shape index (κ2) is 9.96. The van der Waals surface area contributed by atoms with Gasteiger partial charge < -0.3 is 24.3 Å². The molecule has 0 radical (unpaired) electrons. The van der Waals surface area contributed by atoms with Gasteiger partial charge in [-0.1, -0.05) is 30.3 Å². The maximum absolute atomic E-state index is 11.7. The predicted molar refractivity (Wildman–Crippen MR) is 117 cm³/mol. The Kier molecular flexibility index (Phi) is 6.82. The van der Waals surface area contributed by atoms with Crippen molar-refractivity contribution >= 4 is 29.1 Å². The van der Waals surface area contributed by atoms with Gasteiger partial charge in [-0.3, -0.25) is 14.4 Å². The second-order valence-corrected chi connectivity index (χ2v) is 8.21. The molecule has 0 saturated carbocycles. The summed E-state index contributed by atoms with van der Waals surface area (Å²) < 4.78 is 13.0. The van der Waals surface area contributed by atoms with Gasteiger partial charge in [-0.2, -0.15) is 0 Å². The van der Waals surface area contributed by atoms with Crippen LogP contribution in [0.4, 0.5) is 0 Å². The van der Waals surface area contributed by atoms with Crippen LogP contribution in [-0.2, 0) is 30.4 Å². The van der Waals surface area contributed by atoms with Crippen LogP contribution in [0, 0.1) is 11.8 Å². The molecule has 3 aromatic rings. The zero-order valence-corrected chi connectivity index (χ0v) is 18.4. The smallest absolute Gasteiger partial charge is 0.303 e. The second-order valence-electron chi connectivity index (χ2n) is 8.21. The van der Waals surface area contributed by atoms with Crippen molar-refractivity contribution in [2.45, 2.75) is 38.5 Å². The molecule has 2 N–H and O–H groups in total. The molecule has 0 spiro atoms. The monoisotopic (exact) mass is 468 g/mol. The topological polar surface area (TPSA) is 154 Å². The van der Waals surface area contributed by atoms with E-state index >= 15 is 0 Å². The third-order valence-corrected chi connectivity index (χ3v) is 5.90. The minimum absolute atomic E-state index is 0.184. The van der Waals surface area contributed by atoms with Gasteiger partial charge in [-0.25, -0.2) is 15.0 Å². The number of carboxylic acid groups (broad SMARTS) is 2. The zero-order valence-electron chi connectivity index (χ0n) is 18.4. The number of aromatic nitrogens is 4. The van der Waals surface area contributed by atoms with Crippen LogP contribution in [0.3, 0.4) is 0 Å². The minimum atomic E-state index is -1.10. The summed E-state index contributed by atoms with van der Waals surface area (Å²) in [5.41, 5.74) is 2.42. The third-order valence-electron chi connectivity index (χ3n) is 5.90. The third kappa shape index (κ3) is 5.04. The lowest BCUT2D eigenvalue weighted by atomic mass is 9.81. The molecule has 0 aliphatic carbocycles. The number of esters is 1. The quantitative estimate of drug-likeness (QED) is 0.446. The maximum Gasteiger partial charge on any atom is 0.303 e. The van der Waals surface area contributed by atoms with E-state index in [0.29, 0.717) is 23.4 Å². The number of ether oxygens (including phenoxy) is 2. The molecular formula is C23H24N4O7. The molecule has 0 bridgehead atoms. The van der Waals surface area contributed by atoms with Gasteiger partial charge in [0.1, 0.15) is 30.2 Å². The van der Waals surface area contributed by atoms with E-state index in [4.69, 9.17) is 9.47 Å². The van der Waals surface area contributed by atoms with Crippen LogP contribution in [0.2, 0.25) is 0 Å². The van der Waals surface area contributed by atoms with Gasteiger partial charge in [-0.15, -0.1) is 0 Å². The Labute approximate surface area is 194 Å². The number of carbonyl (C=O) groups is 3. The number of benzene rings is 1. The highest BCUT2D eigenvalue weighted by Gasteiger charge is 2.48. The Morgan fingerprint density at radius 2 is 1.74 bits per heavy atom. The molecule has 1 saturated heterocycles. The molecule has 11 nitrogen and oxygen atoms in total. The molecule has 2 aromatic heterocycles. The normalized spacial score (nSPS) is 22.0. The molecule has 4 atom stereocenters. The van der Waals surface area contributed by atoms with Gasteiger partial charge in [0.25, 0.3) is 0 Å². The van der Waals surface area contributed by atoms with Crippen LogP contribution in [0.5, 0.6) is 0 Å². The lowest BCUT2D eigenvalue weighted by Crippen LogP contribution is -2.29. The van der Waals surface area contributed by atoms with E-state index in [2.05, 4.69) is 15.0 Å². The number of rotatable bonds is 9. The van der Waals surface area contributed by atoms with Crippen LogP contribution in [-0.4, -0.2) is 60.4 Å². The van der Waals surface area contributed by atoms with Crippen molar-refractivity contribution in [1.82, 2.24) is 19.5 Å². The number of carboxylic acids is 2. The molecule has 34 heavy (non-hydrogen) atoms. The number of carbonyl (C=O) groups excluding carboxylic acids is 1. The van der Waals surface area contributed by atoms with Gasteiger partial charge in [0.15, 0.2) is 5.65 Å². The average Bonchev–Trinajstić information content (AvgIpc) is 3.34. The minimum Gasteiger partial charge on any atom is -0.481 e. The van der Waals surface area contributed by atoms with Gasteiger partial charge in [-0.05, 0) is 5.56 Å². The van der Waals surface area contributed by atoms with Gasteiger partial charge in [0.05, 0.1) is 31.8 Å². The van der Waals surface area contributed by atoms with Crippen LogP contribution in [0.15, 0.2) is 43.0 Å². The number of aliphatic carboxylic acids is 2. The van der Waals surface area contributed by atoms with E-state index in [1.807, 2.05) is 34.9 Å². The fourth-order valence-corrected chi connectivity index (χ4v) is 4.47. The van der Waals surface area contributed by atoms with E-state index in [1.165, 1.54) is 13.3 Å². The SMILES string of the molecule is CC(=O)OC[C@H]1O[C@H](c2ncnc3c2ncn3Cc2ccccc2)[C@@H](CC(=O)O)[C@@H]1CC(=O)O. The fraction of sp³-hybridized carbons (Fsp3) is 0.391. The molecular weight excluding hydrogens is 444 g/mol. The molecule has 178 valence electrons. The number of hydrogen-bond donors (Lipinski definition) is 2. The van der Waals surface area contributed by atoms with E-state index < -0.39 is 42.0 Å². The van der Waals surface area contributed by atoms with E-state index in [-0.39, 0.29) is 19.4 Å². The number of imidazole rings is 1. The first-order chi connectivity index (χ1) is 16.3. The van der Waals surface area contributed by atoms with Crippen LogP contribution in [0.1, 0.15) is 37.1 Å². The van der Waals surface area contributed by atoms with E-state index in [0.717, 1.165) is 5.56 Å². The average molecular weight is 468 g/mol. The van der Waals surface area contributed by atoms with Crippen molar-refractivity contribution in [2.24, 2.45) is 11.8 Å². The van der Waals surface area contributed by atoms with Crippen molar-refractivity contribution in [3.05, 3.63) is 54.2 Å². The van der Waals surface area contributed by atoms with Crippen molar-refractivity contribution in [2.75, 3.05) is 6.61 Å². The summed E-state index contributed by atoms with van der Waals surface area (Å²) in [6, 6.07) is 9.75. The summed E-state index contributed by atoms with van der Waals surface area (Å²) in [5.74, 6) is -4.15. The van der Waals surface area contributed by atoms with Crippen molar-refractivity contribution in [3.63, 3.8) is 0 Å². The van der Waals surface area contributed by atoms with Crippen LogP contribution >= 0.6 is 0 Å². The summed E-state index contributed by atoms with van der Waals surface area (Å²) >= 11 is 0. The Balaban J connectivity index is 1.71. The fourth-order valence-electron chi connectivity index (χ4n) is 4.47. The molecule has 4 rings (SSSR count). The molecule has 11 heteroatoms. The molecule has 0 amide bonds. The highest BCUT2D eigenvalue weighted by molar-refractivity contribution is 5.74. The largest absolute Gasteiger partial charge is 0.481 e. The Morgan fingerprint density at radius 1 is 1.03 bits per heavy atom. The summed E-state index contributed by atoms with van der Waals surface area (Å²) in [6.07, 6.45) is 0.652. The number of nitrogens with zero attached hydrogens (tertiary/aromatic N) is 4. The number of hydrogen-bond acceptors (Lipinski definition) is 8. The van der Waals surface area contributed by atoms with Gasteiger partial charge in [0.2, 0.25) is 0 Å². The highest BCUT2D eigenvalue weighted by Crippen LogP contribution is 2.46. The summed E-state index contributed by atoms with van der Waals surface area (Å²) in [5, 5.41) is 19.0. The molecule has 1 aromatic carbocycles. The molecule has 1 fully saturated rings. The van der Waals surface area contributed by atoms with Crippen molar-refractivity contribution in [1.29, 1.82) is 0 Å². The van der Waals surface area contributed by atoms with Crippen molar-refractivity contribution < 1.29 is 34.1 Å². The Hall–Kier alpha value is -3.86. The molecule has 1 aliphatic rings. The highest BCUT2D eigenvalue weighted by atomic mass is 16.6. The lowest BCUT2D eigenvalue weighted by molar-refractivity contribution is -0.146. The van der Waals surface area contributed by atoms with Gasteiger partial charge >= 0.3 is 17.9 Å². The molecule has 1 aliphatic heterocycles. The van der Waals surface area contributed by atoms with E-state index in [1.54, 1.807) is 6.33 Å². The first-order valence-electron chi connectivity index (χ1n) is 10.8. The Morgan fingerprint density at radius 3 is 2.41 bits per heavy atom. The first-order valence-corrected chi connectivity index (χ1v) is 10.8. The standard InChI is InChI=1S/C23H24N4O7/c1-13(28)33-10-17-15(7-18(29)30)16(8-19(31)32)22(34-17)20-21-23(25-11-24-20)27(12-26-21)9-14-5-3-2-4-6-14/h2-6,11-12,15-17,22H,7-10H2,1H3,(H,29,30)(H,31,32)/t15-,16-,17+,22-/m0/s1. The van der Waals surface area contributed by atoms with Crippen LogP contribution < -0.4 is 0 Å². The van der Waals surface area contributed by atoms with Crippen molar-refractivity contribution in [3.8, 4) is 0 Å². The first kappa shape index (κ1) is 23.3. The summed E-state index contributed by atoms with van der Waals surface area (Å²) in [4.78, 5) is 47.7. The maximum atomic E-state index is 11.7. The summed E-state index contributed by atoms with van der Waals surface area (Å²) in [7, 11) is 0. The van der Waals surface area contributed by atoms with Crippen LogP contribution in [0.25, 0.3) is 11.2 Å². The lowest BCUT2D eigenvalue weighted by Gasteiger charge is -2.21. The van der Waals surface area contributed by atoms with E-state index in [9.17, 15) is 24.6 Å². The molecule has 0 unspecified atom stereocenters. The Bertz CT molecular complexity index is 1200. The molecule has 3 heterocycles. The predicted octanol–water partition coefficient (Wildman–Crippen LogP) is 2.06. The summed E-state index contributed by atoms with van der Waals surface area (Å²) in [6.45, 7) is 1.58.